The van der Waals surface area contributed by atoms with Crippen LogP contribution in [-0.4, -0.2) is 36.4 Å². The lowest BCUT2D eigenvalue weighted by Crippen LogP contribution is -2.35. The van der Waals surface area contributed by atoms with E-state index in [1.807, 2.05) is 0 Å². The van der Waals surface area contributed by atoms with Gasteiger partial charge in [0.15, 0.2) is 0 Å². The van der Waals surface area contributed by atoms with Gasteiger partial charge >= 0.3 is 0 Å². The lowest BCUT2D eigenvalue weighted by Gasteiger charge is -2.18. The molecule has 1 fully saturated rings. The summed E-state index contributed by atoms with van der Waals surface area (Å²) in [5, 5.41) is 10.9. The standard InChI is InChI=1S/C7H16N2O/c1-7(6-10)5-9-4-2-3-8-9/h7-8,10H,2-6H2,1H3. The predicted octanol–water partition coefficient (Wildman–Crippen LogP) is -0.175. The van der Waals surface area contributed by atoms with E-state index in [9.17, 15) is 0 Å². The second kappa shape index (κ2) is 3.91. The number of hydrogen-bond donors (Lipinski definition) is 2. The second-order valence-electron chi connectivity index (χ2n) is 3.00. The first kappa shape index (κ1) is 7.98. The number of nitrogens with one attached hydrogen (secondary N) is 1. The minimum Gasteiger partial charge on any atom is -0.396 e. The Morgan fingerprint density at radius 3 is 3.00 bits per heavy atom. The molecule has 1 atom stereocenters. The predicted molar refractivity (Wildman–Crippen MR) is 40.4 cm³/mol. The van der Waals surface area contributed by atoms with Crippen LogP contribution in [0.15, 0.2) is 0 Å². The van der Waals surface area contributed by atoms with Crippen LogP contribution in [0.2, 0.25) is 0 Å². The fourth-order valence-corrected chi connectivity index (χ4v) is 1.18. The van der Waals surface area contributed by atoms with E-state index >= 15 is 0 Å². The smallest absolute Gasteiger partial charge is 0.0469 e. The summed E-state index contributed by atoms with van der Waals surface area (Å²) in [6.45, 7) is 5.54. The monoisotopic (exact) mass is 144 g/mol. The molecule has 60 valence electrons. The lowest BCUT2D eigenvalue weighted by atomic mass is 10.2. The molecule has 0 radical (unpaired) electrons. The molecule has 3 nitrogen and oxygen atoms in total. The highest BCUT2D eigenvalue weighted by atomic mass is 16.3. The van der Waals surface area contributed by atoms with E-state index in [-0.39, 0.29) is 6.61 Å². The van der Waals surface area contributed by atoms with Crippen molar-refractivity contribution in [3.05, 3.63) is 0 Å². The van der Waals surface area contributed by atoms with Crippen LogP contribution in [-0.2, 0) is 0 Å². The zero-order valence-corrected chi connectivity index (χ0v) is 6.51. The first-order valence-corrected chi connectivity index (χ1v) is 3.92. The number of aliphatic hydroxyl groups is 1. The molecule has 1 saturated heterocycles. The molecule has 3 heteroatoms. The number of rotatable bonds is 3. The SMILES string of the molecule is CC(CO)CN1CCCN1. The van der Waals surface area contributed by atoms with Crippen molar-refractivity contribution in [3.8, 4) is 0 Å². The average Bonchev–Trinajstić information content (AvgIpc) is 2.40. The minimum absolute atomic E-state index is 0.290. The van der Waals surface area contributed by atoms with Crippen LogP contribution in [0.4, 0.5) is 0 Å². The molecule has 0 saturated carbocycles. The van der Waals surface area contributed by atoms with Crippen molar-refractivity contribution >= 4 is 0 Å². The maximum absolute atomic E-state index is 8.74. The molecule has 0 aromatic heterocycles. The summed E-state index contributed by atoms with van der Waals surface area (Å²) in [5.41, 5.74) is 3.24. The Morgan fingerprint density at radius 2 is 2.50 bits per heavy atom. The zero-order chi connectivity index (χ0) is 7.40. The number of hydrogen-bond acceptors (Lipinski definition) is 3. The second-order valence-corrected chi connectivity index (χ2v) is 3.00. The van der Waals surface area contributed by atoms with E-state index in [0.29, 0.717) is 5.92 Å². The van der Waals surface area contributed by atoms with E-state index in [0.717, 1.165) is 19.6 Å². The average molecular weight is 144 g/mol. The molecule has 0 aromatic carbocycles. The molecular weight excluding hydrogens is 128 g/mol. The van der Waals surface area contributed by atoms with Gasteiger partial charge in [-0.1, -0.05) is 6.92 Å². The summed E-state index contributed by atoms with van der Waals surface area (Å²) in [6, 6.07) is 0. The first-order chi connectivity index (χ1) is 4.83. The van der Waals surface area contributed by atoms with Crippen molar-refractivity contribution in [2.24, 2.45) is 5.92 Å². The highest BCUT2D eigenvalue weighted by molar-refractivity contribution is 4.64. The van der Waals surface area contributed by atoms with E-state index in [2.05, 4.69) is 17.4 Å². The zero-order valence-electron chi connectivity index (χ0n) is 6.51. The van der Waals surface area contributed by atoms with Gasteiger partial charge in [0.1, 0.15) is 0 Å². The van der Waals surface area contributed by atoms with Crippen LogP contribution in [0.1, 0.15) is 13.3 Å². The summed E-state index contributed by atoms with van der Waals surface area (Å²) < 4.78 is 0. The van der Waals surface area contributed by atoms with Gasteiger partial charge in [-0.2, -0.15) is 0 Å². The Morgan fingerprint density at radius 1 is 1.70 bits per heavy atom. The van der Waals surface area contributed by atoms with Crippen molar-refractivity contribution in [1.82, 2.24) is 10.4 Å². The van der Waals surface area contributed by atoms with Gasteiger partial charge in [0, 0.05) is 26.2 Å². The molecule has 0 bridgehead atoms. The van der Waals surface area contributed by atoms with Crippen LogP contribution < -0.4 is 5.43 Å². The third-order valence-corrected chi connectivity index (χ3v) is 1.78. The molecule has 0 amide bonds. The molecule has 1 aliphatic heterocycles. The summed E-state index contributed by atoms with van der Waals surface area (Å²) in [6.07, 6.45) is 1.23. The van der Waals surface area contributed by atoms with E-state index in [1.54, 1.807) is 0 Å². The lowest BCUT2D eigenvalue weighted by molar-refractivity contribution is 0.162. The molecule has 0 aromatic rings. The van der Waals surface area contributed by atoms with E-state index < -0.39 is 0 Å². The van der Waals surface area contributed by atoms with Gasteiger partial charge in [-0.25, -0.2) is 5.01 Å². The number of aliphatic hydroxyl groups excluding tert-OH is 1. The minimum atomic E-state index is 0.290. The third-order valence-electron chi connectivity index (χ3n) is 1.78. The topological polar surface area (TPSA) is 35.5 Å². The van der Waals surface area contributed by atoms with Crippen molar-refractivity contribution in [3.63, 3.8) is 0 Å². The van der Waals surface area contributed by atoms with Gasteiger partial charge < -0.3 is 5.11 Å². The Kier molecular flexibility index (Phi) is 3.12. The number of hydrazine groups is 1. The van der Waals surface area contributed by atoms with Gasteiger partial charge in [-0.3, -0.25) is 5.43 Å². The largest absolute Gasteiger partial charge is 0.396 e. The molecule has 1 unspecified atom stereocenters. The van der Waals surface area contributed by atoms with E-state index in [4.69, 9.17) is 5.11 Å². The van der Waals surface area contributed by atoms with Crippen molar-refractivity contribution in [1.29, 1.82) is 0 Å². The van der Waals surface area contributed by atoms with Crippen LogP contribution >= 0.6 is 0 Å². The summed E-state index contributed by atoms with van der Waals surface area (Å²) in [5.74, 6) is 0.394. The van der Waals surface area contributed by atoms with Crippen LogP contribution in [0.5, 0.6) is 0 Å². The van der Waals surface area contributed by atoms with Crippen molar-refractivity contribution in [2.75, 3.05) is 26.2 Å². The molecule has 1 heterocycles. The van der Waals surface area contributed by atoms with Crippen LogP contribution in [0.3, 0.4) is 0 Å². The molecule has 2 N–H and O–H groups in total. The third kappa shape index (κ3) is 2.25. The quantitative estimate of drug-likeness (QED) is 0.577. The normalized spacial score (nSPS) is 23.4. The molecule has 1 rings (SSSR count). The van der Waals surface area contributed by atoms with Gasteiger partial charge in [-0.15, -0.1) is 0 Å². The Labute approximate surface area is 62.0 Å². The number of nitrogens with zero attached hydrogens (tertiary/aromatic N) is 1. The summed E-state index contributed by atoms with van der Waals surface area (Å²) in [4.78, 5) is 0. The Bertz CT molecular complexity index is 91.6. The Hall–Kier alpha value is -0.120. The van der Waals surface area contributed by atoms with Gasteiger partial charge in [-0.05, 0) is 12.3 Å². The summed E-state index contributed by atoms with van der Waals surface area (Å²) in [7, 11) is 0. The van der Waals surface area contributed by atoms with Gasteiger partial charge in [0.05, 0.1) is 0 Å². The van der Waals surface area contributed by atoms with Gasteiger partial charge in [0.2, 0.25) is 0 Å². The summed E-state index contributed by atoms with van der Waals surface area (Å²) >= 11 is 0. The maximum atomic E-state index is 8.74. The molecule has 10 heavy (non-hydrogen) atoms. The maximum Gasteiger partial charge on any atom is 0.0469 e. The van der Waals surface area contributed by atoms with Crippen LogP contribution in [0.25, 0.3) is 0 Å². The molecular formula is C7H16N2O. The Balaban J connectivity index is 2.11. The van der Waals surface area contributed by atoms with Crippen LogP contribution in [0, 0.1) is 5.92 Å². The highest BCUT2D eigenvalue weighted by Gasteiger charge is 2.12. The highest BCUT2D eigenvalue weighted by Crippen LogP contribution is 2.01. The molecule has 0 spiro atoms. The van der Waals surface area contributed by atoms with Crippen molar-refractivity contribution < 1.29 is 5.11 Å². The molecule has 1 aliphatic rings. The molecule has 0 aliphatic carbocycles. The van der Waals surface area contributed by atoms with E-state index in [1.165, 1.54) is 6.42 Å². The fourth-order valence-electron chi connectivity index (χ4n) is 1.18. The fraction of sp³-hybridized carbons (Fsp3) is 1.00. The van der Waals surface area contributed by atoms with Gasteiger partial charge in [0.25, 0.3) is 0 Å². The van der Waals surface area contributed by atoms with Crippen molar-refractivity contribution in [2.45, 2.75) is 13.3 Å². The first-order valence-electron chi connectivity index (χ1n) is 3.92.